The van der Waals surface area contributed by atoms with Gasteiger partial charge in [0.15, 0.2) is 0 Å². The summed E-state index contributed by atoms with van der Waals surface area (Å²) in [6.45, 7) is 14.0. The van der Waals surface area contributed by atoms with Gasteiger partial charge in [-0.2, -0.15) is 0 Å². The van der Waals surface area contributed by atoms with Gasteiger partial charge >= 0.3 is 5.97 Å². The van der Waals surface area contributed by atoms with Gasteiger partial charge in [0.25, 0.3) is 0 Å². The third-order valence-electron chi connectivity index (χ3n) is 1.17. The summed E-state index contributed by atoms with van der Waals surface area (Å²) in [6, 6.07) is 0. The topological polar surface area (TPSA) is 66.4 Å². The molecular formula is C13H27NO3. The summed E-state index contributed by atoms with van der Waals surface area (Å²) in [5.41, 5.74) is 0. The van der Waals surface area contributed by atoms with Gasteiger partial charge in [0, 0.05) is 13.0 Å². The lowest BCUT2D eigenvalue weighted by Gasteiger charge is -2.03. The van der Waals surface area contributed by atoms with Crippen molar-refractivity contribution in [3.8, 4) is 0 Å². The molecule has 17 heavy (non-hydrogen) atoms. The highest BCUT2D eigenvalue weighted by Gasteiger charge is 1.94. The zero-order valence-corrected chi connectivity index (χ0v) is 11.7. The van der Waals surface area contributed by atoms with Gasteiger partial charge in [-0.25, -0.2) is 0 Å². The molecule has 0 aliphatic rings. The lowest BCUT2D eigenvalue weighted by molar-refractivity contribution is -0.136. The number of carbonyl (C=O) groups is 2. The van der Waals surface area contributed by atoms with Crippen LogP contribution in [0.5, 0.6) is 0 Å². The second kappa shape index (κ2) is 17.1. The highest BCUT2D eigenvalue weighted by molar-refractivity contribution is 5.86. The van der Waals surface area contributed by atoms with Crippen LogP contribution < -0.4 is 5.32 Å². The Labute approximate surface area is 105 Å². The van der Waals surface area contributed by atoms with Crippen LogP contribution in [0.15, 0.2) is 12.7 Å². The van der Waals surface area contributed by atoms with Crippen LogP contribution in [0.25, 0.3) is 0 Å². The molecule has 0 aromatic heterocycles. The Morgan fingerprint density at radius 3 is 1.82 bits per heavy atom. The molecule has 0 saturated carbocycles. The van der Waals surface area contributed by atoms with Crippen LogP contribution in [0.4, 0.5) is 0 Å². The number of carboxylic acid groups (broad SMARTS) is 1. The number of carbonyl (C=O) groups excluding carboxylic acids is 1. The van der Waals surface area contributed by atoms with Crippen LogP contribution >= 0.6 is 0 Å². The van der Waals surface area contributed by atoms with E-state index in [0.29, 0.717) is 5.92 Å². The number of aliphatic carboxylic acids is 1. The number of carboxylic acids is 1. The molecule has 0 unspecified atom stereocenters. The molecule has 2 N–H and O–H groups in total. The van der Waals surface area contributed by atoms with Gasteiger partial charge in [0.2, 0.25) is 5.91 Å². The van der Waals surface area contributed by atoms with Gasteiger partial charge in [-0.1, -0.05) is 47.6 Å². The minimum absolute atomic E-state index is 0.0938. The van der Waals surface area contributed by atoms with Crippen LogP contribution in [-0.4, -0.2) is 23.5 Å². The summed E-state index contributed by atoms with van der Waals surface area (Å²) in [7, 11) is 0. The molecule has 0 atom stereocenters. The molecule has 0 aliphatic heterocycles. The van der Waals surface area contributed by atoms with E-state index < -0.39 is 5.97 Å². The van der Waals surface area contributed by atoms with Gasteiger partial charge < -0.3 is 10.4 Å². The summed E-state index contributed by atoms with van der Waals surface area (Å²) in [4.78, 5) is 19.9. The van der Waals surface area contributed by atoms with Crippen molar-refractivity contribution >= 4 is 11.9 Å². The van der Waals surface area contributed by atoms with Crippen molar-refractivity contribution in [1.82, 2.24) is 5.32 Å². The minimum atomic E-state index is -0.745. The summed E-state index contributed by atoms with van der Waals surface area (Å²) < 4.78 is 0. The molecule has 0 aromatic rings. The number of hydrogen-bond acceptors (Lipinski definition) is 2. The second-order valence-corrected chi connectivity index (χ2v) is 3.80. The van der Waals surface area contributed by atoms with E-state index in [1.54, 1.807) is 6.92 Å². The predicted octanol–water partition coefficient (Wildman–Crippen LogP) is 2.84. The van der Waals surface area contributed by atoms with E-state index in [2.05, 4.69) is 25.7 Å². The van der Waals surface area contributed by atoms with Crippen molar-refractivity contribution in [1.29, 1.82) is 0 Å². The van der Waals surface area contributed by atoms with E-state index in [1.165, 1.54) is 12.5 Å². The maximum atomic E-state index is 10.5. The van der Waals surface area contributed by atoms with E-state index in [9.17, 15) is 9.59 Å². The lowest BCUT2D eigenvalue weighted by atomic mass is 10.2. The van der Waals surface area contributed by atoms with E-state index in [1.807, 2.05) is 13.8 Å². The fourth-order valence-electron chi connectivity index (χ4n) is 0.377. The normalized spacial score (nSPS) is 8.12. The van der Waals surface area contributed by atoms with Gasteiger partial charge in [-0.3, -0.25) is 9.59 Å². The molecule has 4 nitrogen and oxygen atoms in total. The van der Waals surface area contributed by atoms with Crippen LogP contribution in [0.3, 0.4) is 0 Å². The van der Waals surface area contributed by atoms with E-state index >= 15 is 0 Å². The Bertz CT molecular complexity index is 201. The van der Waals surface area contributed by atoms with Crippen molar-refractivity contribution in [2.24, 2.45) is 5.92 Å². The standard InChI is InChI=1S/C7H13NO.C3H6O2.C3H8/c1-4-7(9)8-5-6(2)3;1-2-3(4)5;1-3-2/h4,6H,1,5H2,2-3H3,(H,8,9);2H2,1H3,(H,4,5);3H2,1-2H3. The summed E-state index contributed by atoms with van der Waals surface area (Å²) in [5.74, 6) is -0.331. The largest absolute Gasteiger partial charge is 0.481 e. The zero-order valence-electron chi connectivity index (χ0n) is 11.7. The molecule has 0 aromatic carbocycles. The molecule has 0 aliphatic carbocycles. The first-order valence-electron chi connectivity index (χ1n) is 5.97. The molecule has 0 spiro atoms. The average Bonchev–Trinajstić information content (AvgIpc) is 2.27. The van der Waals surface area contributed by atoms with E-state index in [4.69, 9.17) is 5.11 Å². The fraction of sp³-hybridized carbons (Fsp3) is 0.692. The highest BCUT2D eigenvalue weighted by atomic mass is 16.4. The van der Waals surface area contributed by atoms with Crippen molar-refractivity contribution in [2.45, 2.75) is 47.5 Å². The van der Waals surface area contributed by atoms with Crippen LogP contribution in [0, 0.1) is 5.92 Å². The number of rotatable bonds is 4. The van der Waals surface area contributed by atoms with E-state index in [0.717, 1.165) is 6.54 Å². The van der Waals surface area contributed by atoms with E-state index in [-0.39, 0.29) is 12.3 Å². The molecule has 102 valence electrons. The van der Waals surface area contributed by atoms with Gasteiger partial charge in [0.05, 0.1) is 0 Å². The second-order valence-electron chi connectivity index (χ2n) is 3.80. The Balaban J connectivity index is -0.000000207. The molecular weight excluding hydrogens is 218 g/mol. The van der Waals surface area contributed by atoms with Gasteiger partial charge in [0.1, 0.15) is 0 Å². The maximum absolute atomic E-state index is 10.5. The zero-order chi connectivity index (χ0) is 14.3. The van der Waals surface area contributed by atoms with Gasteiger partial charge in [-0.05, 0) is 12.0 Å². The average molecular weight is 245 g/mol. The molecule has 0 rings (SSSR count). The third-order valence-corrected chi connectivity index (χ3v) is 1.17. The number of nitrogens with one attached hydrogen (secondary N) is 1. The van der Waals surface area contributed by atoms with Crippen LogP contribution in [0.2, 0.25) is 0 Å². The van der Waals surface area contributed by atoms with Crippen molar-refractivity contribution in [2.75, 3.05) is 6.54 Å². The predicted molar refractivity (Wildman–Crippen MR) is 71.9 cm³/mol. The SMILES string of the molecule is C=CC(=O)NCC(C)C.CCC.CCC(=O)O. The molecule has 0 radical (unpaired) electrons. The molecule has 0 fully saturated rings. The molecule has 1 amide bonds. The quantitative estimate of drug-likeness (QED) is 0.748. The third kappa shape index (κ3) is 40.0. The molecule has 4 heteroatoms. The number of amides is 1. The van der Waals surface area contributed by atoms with Crippen molar-refractivity contribution < 1.29 is 14.7 Å². The summed E-state index contributed by atoms with van der Waals surface area (Å²) >= 11 is 0. The Kier molecular flexibility index (Phi) is 21.1. The Morgan fingerprint density at radius 1 is 1.29 bits per heavy atom. The minimum Gasteiger partial charge on any atom is -0.481 e. The maximum Gasteiger partial charge on any atom is 0.303 e. The first-order valence-corrected chi connectivity index (χ1v) is 5.97. The fourth-order valence-corrected chi connectivity index (χ4v) is 0.377. The Hall–Kier alpha value is -1.32. The lowest BCUT2D eigenvalue weighted by Crippen LogP contribution is -2.24. The molecule has 0 saturated heterocycles. The van der Waals surface area contributed by atoms with Gasteiger partial charge in [-0.15, -0.1) is 0 Å². The van der Waals surface area contributed by atoms with Crippen LogP contribution in [-0.2, 0) is 9.59 Å². The summed E-state index contributed by atoms with van der Waals surface area (Å²) in [6.07, 6.45) is 2.75. The van der Waals surface area contributed by atoms with Crippen LogP contribution in [0.1, 0.15) is 47.5 Å². The molecule has 0 bridgehead atoms. The smallest absolute Gasteiger partial charge is 0.303 e. The first kappa shape index (κ1) is 21.0. The summed E-state index contributed by atoms with van der Waals surface area (Å²) in [5, 5.41) is 10.4. The van der Waals surface area contributed by atoms with Crippen molar-refractivity contribution in [3.63, 3.8) is 0 Å². The first-order chi connectivity index (χ1) is 7.85. The monoisotopic (exact) mass is 245 g/mol. The molecule has 0 heterocycles. The number of hydrogen-bond donors (Lipinski definition) is 2. The highest BCUT2D eigenvalue weighted by Crippen LogP contribution is 1.86. The van der Waals surface area contributed by atoms with Crippen molar-refractivity contribution in [3.05, 3.63) is 12.7 Å². The Morgan fingerprint density at radius 2 is 1.65 bits per heavy atom.